The van der Waals surface area contributed by atoms with Gasteiger partial charge in [-0.2, -0.15) is 0 Å². The minimum atomic E-state index is 0.845. The van der Waals surface area contributed by atoms with Crippen LogP contribution in [0.1, 0.15) is 39.5 Å². The quantitative estimate of drug-likeness (QED) is 0.510. The van der Waals surface area contributed by atoms with E-state index in [1.54, 1.807) is 0 Å². The molecule has 0 heterocycles. The summed E-state index contributed by atoms with van der Waals surface area (Å²) in [4.78, 5) is 0. The summed E-state index contributed by atoms with van der Waals surface area (Å²) < 4.78 is 0. The zero-order chi connectivity index (χ0) is 7.82. The second kappa shape index (κ2) is 6.85. The van der Waals surface area contributed by atoms with E-state index in [9.17, 15) is 0 Å². The third-order valence-corrected chi connectivity index (χ3v) is 1.72. The van der Waals surface area contributed by atoms with E-state index in [0.717, 1.165) is 12.3 Å². The maximum Gasteiger partial charge on any atom is -0.0325 e. The average Bonchev–Trinajstić information content (AvgIpc) is 1.97. The Morgan fingerprint density at radius 3 is 2.70 bits per heavy atom. The SMILES string of the molecule is [CH2]CCCC(C)CC=CC. The largest absolute Gasteiger partial charge is 0.0917 e. The third-order valence-electron chi connectivity index (χ3n) is 1.72. The monoisotopic (exact) mass is 139 g/mol. The maximum atomic E-state index is 3.82. The maximum absolute atomic E-state index is 3.82. The van der Waals surface area contributed by atoms with Crippen LogP contribution in [-0.2, 0) is 0 Å². The Balaban J connectivity index is 3.16. The summed E-state index contributed by atoms with van der Waals surface area (Å²) in [5, 5.41) is 0. The molecule has 0 saturated heterocycles. The van der Waals surface area contributed by atoms with Crippen molar-refractivity contribution in [3.8, 4) is 0 Å². The number of hydrogen-bond donors (Lipinski definition) is 0. The molecule has 0 aliphatic rings. The van der Waals surface area contributed by atoms with E-state index < -0.39 is 0 Å². The van der Waals surface area contributed by atoms with Gasteiger partial charge in [-0.05, 0) is 19.3 Å². The topological polar surface area (TPSA) is 0 Å². The van der Waals surface area contributed by atoms with Gasteiger partial charge >= 0.3 is 0 Å². The molecule has 0 N–H and O–H groups in total. The van der Waals surface area contributed by atoms with Gasteiger partial charge in [-0.1, -0.05) is 45.3 Å². The number of rotatable bonds is 5. The molecule has 0 aliphatic heterocycles. The van der Waals surface area contributed by atoms with Crippen LogP contribution in [0.4, 0.5) is 0 Å². The van der Waals surface area contributed by atoms with Crippen LogP contribution in [0, 0.1) is 12.8 Å². The minimum absolute atomic E-state index is 0.845. The number of unbranched alkanes of at least 4 members (excludes halogenated alkanes) is 1. The number of allylic oxidation sites excluding steroid dienone is 2. The van der Waals surface area contributed by atoms with Gasteiger partial charge in [-0.15, -0.1) is 0 Å². The Kier molecular flexibility index (Phi) is 6.68. The first-order valence-electron chi connectivity index (χ1n) is 4.21. The van der Waals surface area contributed by atoms with Gasteiger partial charge in [-0.3, -0.25) is 0 Å². The van der Waals surface area contributed by atoms with Crippen LogP contribution in [0.25, 0.3) is 0 Å². The van der Waals surface area contributed by atoms with E-state index >= 15 is 0 Å². The van der Waals surface area contributed by atoms with Gasteiger partial charge in [0.25, 0.3) is 0 Å². The summed E-state index contributed by atoms with van der Waals surface area (Å²) in [6.45, 7) is 8.20. The van der Waals surface area contributed by atoms with Crippen molar-refractivity contribution in [1.82, 2.24) is 0 Å². The molecular weight excluding hydrogens is 120 g/mol. The zero-order valence-corrected chi connectivity index (χ0v) is 7.27. The van der Waals surface area contributed by atoms with Crippen LogP contribution in [0.2, 0.25) is 0 Å². The van der Waals surface area contributed by atoms with Crippen LogP contribution in [0.15, 0.2) is 12.2 Å². The Morgan fingerprint density at radius 2 is 2.20 bits per heavy atom. The van der Waals surface area contributed by atoms with E-state index in [-0.39, 0.29) is 0 Å². The summed E-state index contributed by atoms with van der Waals surface area (Å²) >= 11 is 0. The Morgan fingerprint density at radius 1 is 1.50 bits per heavy atom. The lowest BCUT2D eigenvalue weighted by Gasteiger charge is -2.05. The van der Waals surface area contributed by atoms with Crippen molar-refractivity contribution in [3.05, 3.63) is 19.1 Å². The molecule has 0 heteroatoms. The number of hydrogen-bond acceptors (Lipinski definition) is 0. The van der Waals surface area contributed by atoms with Gasteiger partial charge in [-0.25, -0.2) is 0 Å². The summed E-state index contributed by atoms with van der Waals surface area (Å²) in [6.07, 6.45) is 9.29. The molecule has 0 aromatic heterocycles. The third kappa shape index (κ3) is 5.87. The molecule has 0 aliphatic carbocycles. The normalized spacial score (nSPS) is 14.3. The van der Waals surface area contributed by atoms with Crippen LogP contribution < -0.4 is 0 Å². The molecule has 0 spiro atoms. The minimum Gasteiger partial charge on any atom is -0.0917 e. The molecule has 0 rings (SSSR count). The molecule has 10 heavy (non-hydrogen) atoms. The highest BCUT2D eigenvalue weighted by Gasteiger charge is 1.96. The standard InChI is InChI=1S/C10H19/c1-4-6-8-10(3)9-7-5-2/h5,7,10H,1,4,6,8-9H2,2-3H3. The first-order chi connectivity index (χ1) is 4.81. The van der Waals surface area contributed by atoms with Gasteiger partial charge in [0, 0.05) is 0 Å². The summed E-state index contributed by atoms with van der Waals surface area (Å²) in [7, 11) is 0. The first-order valence-corrected chi connectivity index (χ1v) is 4.21. The van der Waals surface area contributed by atoms with Gasteiger partial charge < -0.3 is 0 Å². The second-order valence-corrected chi connectivity index (χ2v) is 2.91. The van der Waals surface area contributed by atoms with Crippen molar-refractivity contribution < 1.29 is 0 Å². The molecule has 1 atom stereocenters. The average molecular weight is 139 g/mol. The Labute approximate surface area is 65.3 Å². The molecule has 0 saturated carbocycles. The molecule has 1 radical (unpaired) electrons. The molecule has 0 aromatic carbocycles. The lowest BCUT2D eigenvalue weighted by atomic mass is 10.0. The fourth-order valence-electron chi connectivity index (χ4n) is 0.979. The highest BCUT2D eigenvalue weighted by Crippen LogP contribution is 2.11. The van der Waals surface area contributed by atoms with Crippen molar-refractivity contribution in [3.63, 3.8) is 0 Å². The van der Waals surface area contributed by atoms with Gasteiger partial charge in [0.05, 0.1) is 0 Å². The van der Waals surface area contributed by atoms with Crippen molar-refractivity contribution in [1.29, 1.82) is 0 Å². The fraction of sp³-hybridized carbons (Fsp3) is 0.700. The molecular formula is C10H19. The van der Waals surface area contributed by atoms with Gasteiger partial charge in [0.15, 0.2) is 0 Å². The Bertz CT molecular complexity index is 82.0. The smallest absolute Gasteiger partial charge is 0.0325 e. The van der Waals surface area contributed by atoms with E-state index in [2.05, 4.69) is 32.9 Å². The molecule has 0 bridgehead atoms. The van der Waals surface area contributed by atoms with Crippen molar-refractivity contribution in [2.45, 2.75) is 39.5 Å². The fourth-order valence-corrected chi connectivity index (χ4v) is 0.979. The predicted octanol–water partition coefficient (Wildman–Crippen LogP) is 3.59. The summed E-state index contributed by atoms with van der Waals surface area (Å²) in [6, 6.07) is 0. The molecule has 59 valence electrons. The first kappa shape index (κ1) is 9.74. The molecule has 0 fully saturated rings. The van der Waals surface area contributed by atoms with E-state index in [1.165, 1.54) is 19.3 Å². The van der Waals surface area contributed by atoms with Crippen LogP contribution >= 0.6 is 0 Å². The predicted molar refractivity (Wildman–Crippen MR) is 47.8 cm³/mol. The highest BCUT2D eigenvalue weighted by atomic mass is 14.0. The van der Waals surface area contributed by atoms with Crippen molar-refractivity contribution >= 4 is 0 Å². The molecule has 0 nitrogen and oxygen atoms in total. The van der Waals surface area contributed by atoms with Crippen LogP contribution in [-0.4, -0.2) is 0 Å². The summed E-state index contributed by atoms with van der Waals surface area (Å²) in [5.74, 6) is 0.845. The van der Waals surface area contributed by atoms with Gasteiger partial charge in [0.1, 0.15) is 0 Å². The second-order valence-electron chi connectivity index (χ2n) is 2.91. The van der Waals surface area contributed by atoms with E-state index in [4.69, 9.17) is 0 Å². The van der Waals surface area contributed by atoms with Crippen molar-refractivity contribution in [2.24, 2.45) is 5.92 Å². The zero-order valence-electron chi connectivity index (χ0n) is 7.27. The van der Waals surface area contributed by atoms with E-state index in [1.807, 2.05) is 0 Å². The lowest BCUT2D eigenvalue weighted by molar-refractivity contribution is 0.519. The Hall–Kier alpha value is -0.260. The van der Waals surface area contributed by atoms with Crippen LogP contribution in [0.3, 0.4) is 0 Å². The molecule has 0 amide bonds. The molecule has 1 unspecified atom stereocenters. The molecule has 0 aromatic rings. The van der Waals surface area contributed by atoms with Gasteiger partial charge in [0.2, 0.25) is 0 Å². The van der Waals surface area contributed by atoms with E-state index in [0.29, 0.717) is 0 Å². The highest BCUT2D eigenvalue weighted by molar-refractivity contribution is 4.78. The lowest BCUT2D eigenvalue weighted by Crippen LogP contribution is -1.91. The summed E-state index contributed by atoms with van der Waals surface area (Å²) in [5.41, 5.74) is 0. The van der Waals surface area contributed by atoms with Crippen molar-refractivity contribution in [2.75, 3.05) is 0 Å². The van der Waals surface area contributed by atoms with Crippen LogP contribution in [0.5, 0.6) is 0 Å².